The van der Waals surface area contributed by atoms with Crippen LogP contribution in [0.1, 0.15) is 79.1 Å². The maximum absolute atomic E-state index is 5.59. The molecule has 1 aliphatic rings. The van der Waals surface area contributed by atoms with Crippen molar-refractivity contribution in [3.8, 4) is 0 Å². The number of methoxy groups -OCH3 is 1. The van der Waals surface area contributed by atoms with E-state index >= 15 is 0 Å². The van der Waals surface area contributed by atoms with Gasteiger partial charge in [0.05, 0.1) is 5.60 Å². The smallest absolute Gasteiger partial charge is 0.0623 e. The summed E-state index contributed by atoms with van der Waals surface area (Å²) in [6, 6.07) is 0.655. The van der Waals surface area contributed by atoms with Crippen molar-refractivity contribution in [2.75, 3.05) is 13.7 Å². The molecule has 0 bridgehead atoms. The van der Waals surface area contributed by atoms with Gasteiger partial charge in [-0.05, 0) is 57.9 Å². The van der Waals surface area contributed by atoms with E-state index in [0.717, 1.165) is 13.0 Å². The summed E-state index contributed by atoms with van der Waals surface area (Å²) in [4.78, 5) is 0. The van der Waals surface area contributed by atoms with E-state index in [-0.39, 0.29) is 5.60 Å². The van der Waals surface area contributed by atoms with E-state index in [0.29, 0.717) is 11.5 Å². The van der Waals surface area contributed by atoms with Gasteiger partial charge in [0.15, 0.2) is 0 Å². The van der Waals surface area contributed by atoms with Gasteiger partial charge in [0.2, 0.25) is 0 Å². The predicted octanol–water partition coefficient (Wildman–Crippen LogP) is 4.53. The lowest BCUT2D eigenvalue weighted by atomic mass is 9.69. The fraction of sp³-hybridized carbons (Fsp3) is 1.00. The number of ether oxygens (including phenoxy) is 1. The van der Waals surface area contributed by atoms with Crippen LogP contribution >= 0.6 is 0 Å². The topological polar surface area (TPSA) is 21.3 Å². The van der Waals surface area contributed by atoms with Gasteiger partial charge < -0.3 is 10.1 Å². The van der Waals surface area contributed by atoms with Gasteiger partial charge in [0.1, 0.15) is 0 Å². The van der Waals surface area contributed by atoms with E-state index in [1.807, 2.05) is 7.11 Å². The molecule has 1 aliphatic carbocycles. The molecule has 114 valence electrons. The van der Waals surface area contributed by atoms with E-state index < -0.39 is 0 Å². The quantitative estimate of drug-likeness (QED) is 0.699. The van der Waals surface area contributed by atoms with Crippen LogP contribution in [0, 0.1) is 5.41 Å². The SMILES string of the molecule is CCCNC(CCC(C)(C)OC)C1(C)CCCCC1. The first-order chi connectivity index (χ1) is 8.93. The third-order valence-corrected chi connectivity index (χ3v) is 5.07. The van der Waals surface area contributed by atoms with Crippen molar-refractivity contribution < 1.29 is 4.74 Å². The third-order valence-electron chi connectivity index (χ3n) is 5.07. The molecule has 1 N–H and O–H groups in total. The Morgan fingerprint density at radius 3 is 2.37 bits per heavy atom. The van der Waals surface area contributed by atoms with Crippen LogP contribution in [0.4, 0.5) is 0 Å². The van der Waals surface area contributed by atoms with Crippen molar-refractivity contribution in [1.29, 1.82) is 0 Å². The van der Waals surface area contributed by atoms with Crippen LogP contribution in [-0.4, -0.2) is 25.3 Å². The first-order valence-electron chi connectivity index (χ1n) is 8.22. The molecule has 0 aromatic heterocycles. The minimum absolute atomic E-state index is 0.0111. The molecule has 0 radical (unpaired) electrons. The standard InChI is InChI=1S/C17H35NO/c1-6-14-18-15(10-13-16(2,3)19-5)17(4)11-8-7-9-12-17/h15,18H,6-14H2,1-5H3. The lowest BCUT2D eigenvalue weighted by Crippen LogP contribution is -2.46. The highest BCUT2D eigenvalue weighted by atomic mass is 16.5. The van der Waals surface area contributed by atoms with Crippen LogP contribution in [0.15, 0.2) is 0 Å². The molecule has 1 fully saturated rings. The van der Waals surface area contributed by atoms with Gasteiger partial charge >= 0.3 is 0 Å². The second-order valence-corrected chi connectivity index (χ2v) is 7.22. The molecule has 0 aromatic rings. The van der Waals surface area contributed by atoms with E-state index in [2.05, 4.69) is 33.0 Å². The maximum atomic E-state index is 5.59. The van der Waals surface area contributed by atoms with Crippen LogP contribution in [0.5, 0.6) is 0 Å². The lowest BCUT2D eigenvalue weighted by molar-refractivity contribution is 0.00528. The fourth-order valence-corrected chi connectivity index (χ4v) is 3.32. The van der Waals surface area contributed by atoms with Crippen molar-refractivity contribution >= 4 is 0 Å². The van der Waals surface area contributed by atoms with Gasteiger partial charge in [-0.2, -0.15) is 0 Å². The summed E-state index contributed by atoms with van der Waals surface area (Å²) in [5.41, 5.74) is 0.508. The zero-order valence-electron chi connectivity index (χ0n) is 13.8. The Morgan fingerprint density at radius 2 is 1.84 bits per heavy atom. The van der Waals surface area contributed by atoms with Crippen molar-refractivity contribution in [3.63, 3.8) is 0 Å². The summed E-state index contributed by atoms with van der Waals surface area (Å²) in [6.07, 6.45) is 10.6. The van der Waals surface area contributed by atoms with Crippen molar-refractivity contribution in [1.82, 2.24) is 5.32 Å². The largest absolute Gasteiger partial charge is 0.379 e. The Bertz CT molecular complexity index is 244. The maximum Gasteiger partial charge on any atom is 0.0623 e. The number of hydrogen-bond donors (Lipinski definition) is 1. The fourth-order valence-electron chi connectivity index (χ4n) is 3.32. The molecule has 2 heteroatoms. The number of hydrogen-bond acceptors (Lipinski definition) is 2. The van der Waals surface area contributed by atoms with Crippen molar-refractivity contribution in [3.05, 3.63) is 0 Å². The second kappa shape index (κ2) is 7.64. The minimum Gasteiger partial charge on any atom is -0.379 e. The van der Waals surface area contributed by atoms with Gasteiger partial charge in [-0.15, -0.1) is 0 Å². The summed E-state index contributed by atoms with van der Waals surface area (Å²) >= 11 is 0. The van der Waals surface area contributed by atoms with E-state index in [1.165, 1.54) is 44.9 Å². The molecule has 0 saturated heterocycles. The molecule has 0 amide bonds. The highest BCUT2D eigenvalue weighted by molar-refractivity contribution is 4.91. The van der Waals surface area contributed by atoms with Crippen molar-refractivity contribution in [2.24, 2.45) is 5.41 Å². The normalized spacial score (nSPS) is 21.3. The highest BCUT2D eigenvalue weighted by Gasteiger charge is 2.35. The first kappa shape index (κ1) is 17.0. The number of rotatable bonds is 8. The van der Waals surface area contributed by atoms with Gasteiger partial charge in [-0.3, -0.25) is 0 Å². The van der Waals surface area contributed by atoms with Gasteiger partial charge in [-0.25, -0.2) is 0 Å². The van der Waals surface area contributed by atoms with Gasteiger partial charge in [0, 0.05) is 13.2 Å². The monoisotopic (exact) mass is 269 g/mol. The molecular formula is C17H35NO. The molecule has 0 aromatic carbocycles. The van der Waals surface area contributed by atoms with E-state index in [4.69, 9.17) is 4.74 Å². The van der Waals surface area contributed by atoms with Crippen molar-refractivity contribution in [2.45, 2.75) is 90.7 Å². The zero-order valence-corrected chi connectivity index (χ0v) is 13.8. The van der Waals surface area contributed by atoms with Crippen LogP contribution in [0.25, 0.3) is 0 Å². The summed E-state index contributed by atoms with van der Waals surface area (Å²) in [6.45, 7) is 10.3. The van der Waals surface area contributed by atoms with Gasteiger partial charge in [0.25, 0.3) is 0 Å². The molecule has 19 heavy (non-hydrogen) atoms. The average molecular weight is 269 g/mol. The van der Waals surface area contributed by atoms with Gasteiger partial charge in [-0.1, -0.05) is 33.1 Å². The summed E-state index contributed by atoms with van der Waals surface area (Å²) < 4.78 is 5.59. The second-order valence-electron chi connectivity index (χ2n) is 7.22. The van der Waals surface area contributed by atoms with Crippen LogP contribution in [-0.2, 0) is 4.74 Å². The third kappa shape index (κ3) is 5.43. The zero-order chi connectivity index (χ0) is 14.4. The van der Waals surface area contributed by atoms with Crippen LogP contribution in [0.3, 0.4) is 0 Å². The summed E-state index contributed by atoms with van der Waals surface area (Å²) in [5.74, 6) is 0. The molecular weight excluding hydrogens is 234 g/mol. The molecule has 1 atom stereocenters. The molecule has 0 spiro atoms. The van der Waals surface area contributed by atoms with E-state index in [9.17, 15) is 0 Å². The summed E-state index contributed by atoms with van der Waals surface area (Å²) in [7, 11) is 1.83. The minimum atomic E-state index is 0.0111. The lowest BCUT2D eigenvalue weighted by Gasteiger charge is -2.42. The Balaban J connectivity index is 2.59. The number of nitrogens with one attached hydrogen (secondary N) is 1. The molecule has 1 saturated carbocycles. The Morgan fingerprint density at radius 1 is 1.21 bits per heavy atom. The molecule has 1 rings (SSSR count). The van der Waals surface area contributed by atoms with Crippen LogP contribution < -0.4 is 5.32 Å². The molecule has 0 aliphatic heterocycles. The van der Waals surface area contributed by atoms with E-state index in [1.54, 1.807) is 0 Å². The average Bonchev–Trinajstić information content (AvgIpc) is 2.39. The first-order valence-corrected chi connectivity index (χ1v) is 8.22. The highest BCUT2D eigenvalue weighted by Crippen LogP contribution is 2.40. The molecule has 2 nitrogen and oxygen atoms in total. The van der Waals surface area contributed by atoms with Crippen LogP contribution in [0.2, 0.25) is 0 Å². The Hall–Kier alpha value is -0.0800. The predicted molar refractivity (Wildman–Crippen MR) is 83.6 cm³/mol. The Labute approximate surface area is 120 Å². The molecule has 0 heterocycles. The Kier molecular flexibility index (Phi) is 6.82. The molecule has 1 unspecified atom stereocenters. The summed E-state index contributed by atoms with van der Waals surface area (Å²) in [5, 5.41) is 3.82.